The Balaban J connectivity index is 0.000000247. The fraction of sp³-hybridized carbons (Fsp3) is 0.311. The number of fused-ring (bicyclic) bond motifs is 1. The van der Waals surface area contributed by atoms with Crippen LogP contribution < -0.4 is 9.88 Å². The zero-order valence-corrected chi connectivity index (χ0v) is 77.6. The molecule has 0 saturated carbocycles. The Morgan fingerprint density at radius 1 is 0.532 bits per heavy atom. The van der Waals surface area contributed by atoms with Crippen molar-refractivity contribution in [1.82, 2.24) is 39.8 Å². The number of thiazole rings is 2. The molecule has 0 radical (unpaired) electrons. The van der Waals surface area contributed by atoms with Crippen molar-refractivity contribution in [2.75, 3.05) is 19.8 Å². The molecular formula is C103H125ClF2N10O6S4. The summed E-state index contributed by atoms with van der Waals surface area (Å²) in [6, 6.07) is 71.0. The average Bonchev–Trinajstić information content (AvgIpc) is 0.923. The van der Waals surface area contributed by atoms with Crippen LogP contribution in [0.15, 0.2) is 273 Å². The predicted molar refractivity (Wildman–Crippen MR) is 520 cm³/mol. The number of aromatic nitrogens is 8. The fourth-order valence-corrected chi connectivity index (χ4v) is 15.7. The number of benzene rings is 8. The molecule has 17 rings (SSSR count). The third kappa shape index (κ3) is 36.4. The SMILES string of the molecule is C.C.CCC1CCOC1.CCc1c(-c2ccccc2)noc1C.CCc1cc(C)on1.CCc1ccc(-n2cccn2)cc1.CCc1ccc(Cl)c(S(N)(=O)=O)c1.CCc1ccc2c(c1)CCO2.CCc1cccc(C#N)c1.CCc1cccc(F)c1.CCc1cnn(-c2ccc(F)cc2)c1.CCc1csc(-c2ccccc2)n1.CCc1csc(-c2cccs2)n1. The highest BCUT2D eigenvalue weighted by atomic mass is 35.5. The number of thiophene rings is 1. The molecule has 16 nitrogen and oxygen atoms in total. The summed E-state index contributed by atoms with van der Waals surface area (Å²) in [6.07, 6.45) is 20.9. The standard InChI is InChI=1S/C12H13NO.C11H11FN2.C11H12N2.C11H11NS.C10H12O.C9H9NS2.C9H9N.C8H10ClNO2S.C8H9F.C6H9NO.C6H12O.2CH4/c1-3-11-9(2)14-13-12(11)10-7-5-4-6-8-10;1-2-9-7-13-14(8-9)11-5-3-10(12)4-6-11;1-2-10-4-6-11(7-5-10)13-9-3-8-12-13;1-2-10-8-13-11(12-10)9-6-4-3-5-7-9;1-2-8-3-4-10-9(7-8)5-6-11-10;1-2-7-6-12-9(10-7)8-4-3-5-11-8;1-2-8-4-3-5-9(6-8)7-10;1-2-6-3-4-7(9)8(5-6)13(10,11)12;1-2-7-4-3-5-8(9)6-7;1-3-6-4-5(2)8-7-6;1-2-6-3-4-7-5-6;;/h4-8H,3H2,1-2H3;3-8H,2H2,1H3;3-9H,2H2,1H3;3-8H,2H2,1H3;3-4,7H,2,5-6H2,1H3;3-6H,2H2,1H3;3-6H,2H2,1H3;3-5H,2H2,1H3,(H2,10,11,12);3-6H,2H2,1H3;4H,3H2,1-2H3;6H,2-5H2,1H3;2*1H4. The molecule has 2 N–H and O–H groups in total. The highest BCUT2D eigenvalue weighted by Gasteiger charge is 2.16. The number of rotatable bonds is 17. The van der Waals surface area contributed by atoms with Crippen molar-refractivity contribution in [1.29, 1.82) is 5.26 Å². The molecule has 8 aromatic carbocycles. The monoisotopic (exact) mass is 1800 g/mol. The van der Waals surface area contributed by atoms with Crippen molar-refractivity contribution < 1.29 is 35.7 Å². The zero-order chi connectivity index (χ0) is 89.4. The fourth-order valence-electron chi connectivity index (χ4n) is 11.9. The topological polar surface area (TPSA) is 216 Å². The first-order valence-corrected chi connectivity index (χ1v) is 46.8. The first kappa shape index (κ1) is 105. The second-order valence-corrected chi connectivity index (χ2v) is 32.9. The minimum atomic E-state index is -3.70. The van der Waals surface area contributed by atoms with Gasteiger partial charge in [0.25, 0.3) is 0 Å². The molecule has 1 unspecified atom stereocenters. The van der Waals surface area contributed by atoms with Gasteiger partial charge in [0, 0.05) is 71.7 Å². The Morgan fingerprint density at radius 3 is 1.62 bits per heavy atom. The van der Waals surface area contributed by atoms with E-state index in [1.165, 1.54) is 92.3 Å². The maximum Gasteiger partial charge on any atom is 0.239 e. The highest BCUT2D eigenvalue weighted by molar-refractivity contribution is 7.89. The molecule has 126 heavy (non-hydrogen) atoms. The largest absolute Gasteiger partial charge is 0.493 e. The van der Waals surface area contributed by atoms with Gasteiger partial charge in [-0.05, 0) is 226 Å². The van der Waals surface area contributed by atoms with Gasteiger partial charge >= 0.3 is 0 Å². The van der Waals surface area contributed by atoms with Crippen LogP contribution in [0.3, 0.4) is 0 Å². The summed E-state index contributed by atoms with van der Waals surface area (Å²) >= 11 is 10.9. The maximum atomic E-state index is 12.6. The van der Waals surface area contributed by atoms with Crippen molar-refractivity contribution in [2.24, 2.45) is 11.1 Å². The lowest BCUT2D eigenvalue weighted by Crippen LogP contribution is -2.13. The van der Waals surface area contributed by atoms with Crippen molar-refractivity contribution >= 4 is 55.6 Å². The molecule has 9 heterocycles. The molecule has 2 aliphatic rings. The van der Waals surface area contributed by atoms with Gasteiger partial charge in [-0.1, -0.05) is 241 Å². The number of halogens is 3. The maximum absolute atomic E-state index is 12.6. The second kappa shape index (κ2) is 58.2. The molecule has 15 aromatic rings. The number of ether oxygens (including phenoxy) is 2. The van der Waals surface area contributed by atoms with E-state index in [-0.39, 0.29) is 36.4 Å². The second-order valence-electron chi connectivity index (χ2n) is 28.3. The van der Waals surface area contributed by atoms with Crippen LogP contribution in [0.1, 0.15) is 183 Å². The average molecular weight is 1800 g/mol. The smallest absolute Gasteiger partial charge is 0.239 e. The van der Waals surface area contributed by atoms with E-state index in [0.29, 0.717) is 0 Å². The highest BCUT2D eigenvalue weighted by Crippen LogP contribution is 2.30. The number of nitrogens with two attached hydrogens (primary N) is 1. The molecule has 0 bridgehead atoms. The number of nitrogens with zero attached hydrogens (tertiary/aromatic N) is 9. The minimum Gasteiger partial charge on any atom is -0.493 e. The van der Waals surface area contributed by atoms with Crippen LogP contribution >= 0.6 is 45.6 Å². The van der Waals surface area contributed by atoms with Crippen LogP contribution in [0, 0.1) is 42.7 Å². The molecule has 7 aromatic heterocycles. The predicted octanol–water partition coefficient (Wildman–Crippen LogP) is 27.5. The van der Waals surface area contributed by atoms with Gasteiger partial charge in [-0.25, -0.2) is 41.7 Å². The summed E-state index contributed by atoms with van der Waals surface area (Å²) in [7, 11) is -3.70. The molecular weight excluding hydrogens is 1670 g/mol. The van der Waals surface area contributed by atoms with E-state index < -0.39 is 10.0 Å². The molecule has 0 spiro atoms. The number of aryl methyl sites for hydroxylation is 11. The lowest BCUT2D eigenvalue weighted by atomic mass is 10.0. The van der Waals surface area contributed by atoms with Crippen LogP contribution in [-0.2, 0) is 85.4 Å². The summed E-state index contributed by atoms with van der Waals surface area (Å²) in [4.78, 5) is 10.3. The van der Waals surface area contributed by atoms with Crippen molar-refractivity contribution in [3.05, 3.63) is 355 Å². The van der Waals surface area contributed by atoms with E-state index in [9.17, 15) is 17.2 Å². The van der Waals surface area contributed by atoms with Gasteiger partial charge < -0.3 is 18.5 Å². The van der Waals surface area contributed by atoms with E-state index in [1.807, 2.05) is 130 Å². The summed E-state index contributed by atoms with van der Waals surface area (Å²) in [5.74, 6) is 3.40. The van der Waals surface area contributed by atoms with Gasteiger partial charge in [0.15, 0.2) is 0 Å². The number of sulfonamides is 1. The van der Waals surface area contributed by atoms with Gasteiger partial charge in [0.1, 0.15) is 49.5 Å². The third-order valence-corrected chi connectivity index (χ3v) is 23.8. The summed E-state index contributed by atoms with van der Waals surface area (Å²) in [5.41, 5.74) is 19.2. The summed E-state index contributed by atoms with van der Waals surface area (Å²) in [6.45, 7) is 29.8. The van der Waals surface area contributed by atoms with Crippen LogP contribution in [0.2, 0.25) is 5.02 Å². The summed E-state index contributed by atoms with van der Waals surface area (Å²) in [5, 5.41) is 38.4. The number of hydrogen-bond donors (Lipinski definition) is 1. The molecule has 23 heteroatoms. The zero-order valence-electron chi connectivity index (χ0n) is 73.5. The van der Waals surface area contributed by atoms with Crippen molar-refractivity contribution in [2.45, 2.75) is 193 Å². The van der Waals surface area contributed by atoms with Gasteiger partial charge in [-0.2, -0.15) is 15.5 Å². The molecule has 668 valence electrons. The van der Waals surface area contributed by atoms with E-state index in [4.69, 9.17) is 40.5 Å². The van der Waals surface area contributed by atoms with Crippen molar-refractivity contribution in [3.63, 3.8) is 0 Å². The van der Waals surface area contributed by atoms with Gasteiger partial charge in [0.2, 0.25) is 10.0 Å². The van der Waals surface area contributed by atoms with Gasteiger partial charge in [-0.15, -0.1) is 34.0 Å². The quantitative estimate of drug-likeness (QED) is 0.0899. The third-order valence-electron chi connectivity index (χ3n) is 19.5. The van der Waals surface area contributed by atoms with Gasteiger partial charge in [-0.3, -0.25) is 0 Å². The Labute approximate surface area is 764 Å². The van der Waals surface area contributed by atoms with E-state index in [0.717, 1.165) is 169 Å². The van der Waals surface area contributed by atoms with Crippen LogP contribution in [0.4, 0.5) is 8.78 Å². The molecule has 1 atom stereocenters. The summed E-state index contributed by atoms with van der Waals surface area (Å²) < 4.78 is 71.2. The van der Waals surface area contributed by atoms with Crippen LogP contribution in [-0.4, -0.2) is 68.1 Å². The lowest BCUT2D eigenvalue weighted by molar-refractivity contribution is 0.185. The molecule has 0 aliphatic carbocycles. The Morgan fingerprint density at radius 2 is 1.11 bits per heavy atom. The molecule has 1 fully saturated rings. The Bertz CT molecular complexity index is 5630. The molecule has 2 aliphatic heterocycles. The molecule has 0 amide bonds. The molecule has 1 saturated heterocycles. The van der Waals surface area contributed by atoms with E-state index in [1.54, 1.807) is 81.3 Å². The van der Waals surface area contributed by atoms with Crippen LogP contribution in [0.25, 0.3) is 43.1 Å². The minimum absolute atomic E-state index is 0. The van der Waals surface area contributed by atoms with Crippen LogP contribution in [0.5, 0.6) is 5.75 Å². The van der Waals surface area contributed by atoms with Crippen molar-refractivity contribution in [3.8, 4) is 54.9 Å². The Hall–Kier alpha value is -11.1. The number of primary sulfonamides is 1. The first-order chi connectivity index (χ1) is 60.1. The number of nitriles is 1. The van der Waals surface area contributed by atoms with Gasteiger partial charge in [0.05, 0.1) is 62.8 Å². The van der Waals surface area contributed by atoms with E-state index >= 15 is 0 Å². The van der Waals surface area contributed by atoms with E-state index in [2.05, 4.69) is 194 Å². The first-order valence-electron chi connectivity index (χ1n) is 42.3. The number of hydrogen-bond acceptors (Lipinski definition) is 16. The lowest BCUT2D eigenvalue weighted by Gasteiger charge is -2.03. The normalized spacial score (nSPS) is 11.6. The Kier molecular flexibility index (Phi) is 48.7.